The molecule has 38 heavy (non-hydrogen) atoms. The van der Waals surface area contributed by atoms with Gasteiger partial charge >= 0.3 is 11.9 Å². The topological polar surface area (TPSA) is 52.6 Å². The van der Waals surface area contributed by atoms with Gasteiger partial charge < -0.3 is 9.47 Å². The molecule has 0 N–H and O–H groups in total. The van der Waals surface area contributed by atoms with Gasteiger partial charge in [-0.25, -0.2) is 9.59 Å². The lowest BCUT2D eigenvalue weighted by molar-refractivity contribution is 0.0532. The minimum absolute atomic E-state index is 0.252. The van der Waals surface area contributed by atoms with E-state index in [0.29, 0.717) is 11.1 Å². The molecule has 0 fully saturated rings. The largest absolute Gasteiger partial charge is 0.458 e. The highest BCUT2D eigenvalue weighted by molar-refractivity contribution is 5.89. The average molecular weight is 515 g/mol. The minimum atomic E-state index is -0.318. The van der Waals surface area contributed by atoms with Gasteiger partial charge in [0.15, 0.2) is 0 Å². The first kappa shape index (κ1) is 30.6. The van der Waals surface area contributed by atoms with Crippen LogP contribution in [0.1, 0.15) is 86.9 Å². The Labute approximate surface area is 228 Å². The summed E-state index contributed by atoms with van der Waals surface area (Å²) in [7, 11) is 0. The highest BCUT2D eigenvalue weighted by atomic mass is 16.5. The summed E-state index contributed by atoms with van der Waals surface area (Å²) >= 11 is 0. The quantitative estimate of drug-likeness (QED) is 0.176. The van der Waals surface area contributed by atoms with Crippen LogP contribution in [0.5, 0.6) is 0 Å². The molecule has 2 rings (SSSR count). The zero-order valence-corrected chi connectivity index (χ0v) is 23.4. The normalized spacial score (nSPS) is 12.2. The first-order valence-electron chi connectivity index (χ1n) is 13.4. The minimum Gasteiger partial charge on any atom is -0.458 e. The summed E-state index contributed by atoms with van der Waals surface area (Å²) in [6.45, 7) is 9.01. The molecule has 0 radical (unpaired) electrons. The van der Waals surface area contributed by atoms with Gasteiger partial charge in [-0.1, -0.05) is 71.3 Å². The second-order valence-electron chi connectivity index (χ2n) is 9.77. The molecule has 0 saturated carbocycles. The summed E-state index contributed by atoms with van der Waals surface area (Å²) < 4.78 is 11.0. The van der Waals surface area contributed by atoms with Crippen LogP contribution in [0.15, 0.2) is 107 Å². The number of hydrogen-bond acceptors (Lipinski definition) is 4. The Bertz CT molecular complexity index is 1120. The van der Waals surface area contributed by atoms with Crippen LogP contribution in [-0.4, -0.2) is 25.2 Å². The Morgan fingerprint density at radius 2 is 1.11 bits per heavy atom. The van der Waals surface area contributed by atoms with Crippen molar-refractivity contribution in [2.75, 3.05) is 13.2 Å². The van der Waals surface area contributed by atoms with E-state index in [1.807, 2.05) is 49.4 Å². The third-order valence-corrected chi connectivity index (χ3v) is 6.08. The smallest absolute Gasteiger partial charge is 0.338 e. The van der Waals surface area contributed by atoms with Crippen molar-refractivity contribution >= 4 is 11.9 Å². The lowest BCUT2D eigenvalue weighted by Crippen LogP contribution is -2.08. The van der Waals surface area contributed by atoms with E-state index in [9.17, 15) is 9.59 Å². The third-order valence-electron chi connectivity index (χ3n) is 6.08. The van der Waals surface area contributed by atoms with Crippen molar-refractivity contribution in [1.82, 2.24) is 0 Å². The Morgan fingerprint density at radius 1 is 0.605 bits per heavy atom. The van der Waals surface area contributed by atoms with E-state index in [2.05, 4.69) is 39.0 Å². The van der Waals surface area contributed by atoms with E-state index < -0.39 is 0 Å². The summed E-state index contributed by atoms with van der Waals surface area (Å²) in [4.78, 5) is 24.5. The van der Waals surface area contributed by atoms with Crippen LogP contribution in [0, 0.1) is 0 Å². The molecule has 202 valence electrons. The highest BCUT2D eigenvalue weighted by Crippen LogP contribution is 2.15. The van der Waals surface area contributed by atoms with Crippen LogP contribution < -0.4 is 0 Å². The molecule has 0 heterocycles. The third kappa shape index (κ3) is 13.0. The second kappa shape index (κ2) is 17.7. The average Bonchev–Trinajstić information content (AvgIpc) is 2.92. The van der Waals surface area contributed by atoms with Gasteiger partial charge in [-0.15, -0.1) is 0 Å². The Hall–Kier alpha value is -3.66. The second-order valence-corrected chi connectivity index (χ2v) is 9.77. The maximum absolute atomic E-state index is 12.4. The number of carbonyl (C=O) groups is 2. The number of ether oxygens (including phenoxy) is 2. The lowest BCUT2D eigenvalue weighted by Gasteiger charge is -2.10. The van der Waals surface area contributed by atoms with Crippen molar-refractivity contribution < 1.29 is 19.1 Å². The number of carbonyl (C=O) groups excluding carboxylic acids is 2. The number of benzene rings is 2. The van der Waals surface area contributed by atoms with Gasteiger partial charge in [0, 0.05) is 0 Å². The zero-order chi connectivity index (χ0) is 27.6. The van der Waals surface area contributed by atoms with Gasteiger partial charge in [0.1, 0.15) is 13.2 Å². The number of esters is 2. The van der Waals surface area contributed by atoms with E-state index in [0.717, 1.165) is 49.7 Å². The Kier molecular flexibility index (Phi) is 14.3. The maximum Gasteiger partial charge on any atom is 0.338 e. The fraction of sp³-hybridized carbons (Fsp3) is 0.353. The Morgan fingerprint density at radius 3 is 1.68 bits per heavy atom. The first-order valence-corrected chi connectivity index (χ1v) is 13.4. The molecule has 0 bridgehead atoms. The summed E-state index contributed by atoms with van der Waals surface area (Å²) in [5, 5.41) is 0. The van der Waals surface area contributed by atoms with Crippen molar-refractivity contribution in [3.63, 3.8) is 0 Å². The highest BCUT2D eigenvalue weighted by Gasteiger charge is 2.08. The molecule has 0 aliphatic carbocycles. The van der Waals surface area contributed by atoms with E-state index >= 15 is 0 Å². The van der Waals surface area contributed by atoms with Gasteiger partial charge in [0.05, 0.1) is 11.1 Å². The molecule has 0 amide bonds. The van der Waals surface area contributed by atoms with Gasteiger partial charge in [0.2, 0.25) is 0 Å². The van der Waals surface area contributed by atoms with Gasteiger partial charge in [-0.05, 0) is 102 Å². The molecular formula is C34H42O4. The van der Waals surface area contributed by atoms with Crippen molar-refractivity contribution in [3.05, 3.63) is 118 Å². The van der Waals surface area contributed by atoms with Crippen LogP contribution in [0.25, 0.3) is 0 Å². The maximum atomic E-state index is 12.4. The van der Waals surface area contributed by atoms with E-state index in [1.54, 1.807) is 24.3 Å². The molecular weight excluding hydrogens is 472 g/mol. The fourth-order valence-corrected chi connectivity index (χ4v) is 3.77. The molecule has 0 atom stereocenters. The van der Waals surface area contributed by atoms with Crippen LogP contribution >= 0.6 is 0 Å². The molecule has 0 aromatic heterocycles. The van der Waals surface area contributed by atoms with Crippen LogP contribution in [0.2, 0.25) is 0 Å². The number of allylic oxidation sites excluding steroid dienone is 6. The predicted octanol–water partition coefficient (Wildman–Crippen LogP) is 8.83. The molecule has 2 aromatic carbocycles. The van der Waals surface area contributed by atoms with Gasteiger partial charge in [-0.3, -0.25) is 0 Å². The fourth-order valence-electron chi connectivity index (χ4n) is 3.77. The van der Waals surface area contributed by atoms with E-state index in [1.165, 1.54) is 11.1 Å². The molecule has 2 aromatic rings. The molecule has 0 aliphatic heterocycles. The molecule has 0 unspecified atom stereocenters. The van der Waals surface area contributed by atoms with Crippen molar-refractivity contribution in [2.45, 2.75) is 66.2 Å². The molecule has 0 spiro atoms. The Balaban J connectivity index is 1.89. The van der Waals surface area contributed by atoms with E-state index in [-0.39, 0.29) is 25.2 Å². The molecule has 0 aliphatic rings. The SMILES string of the molecule is CC(C)=CCCC(C)=CCCC(=CCCC(C)=CCOC(=O)c1ccccc1)COC(=O)c1ccccc1. The van der Waals surface area contributed by atoms with Crippen molar-refractivity contribution in [2.24, 2.45) is 0 Å². The van der Waals surface area contributed by atoms with Crippen LogP contribution in [0.4, 0.5) is 0 Å². The first-order chi connectivity index (χ1) is 18.3. The monoisotopic (exact) mass is 514 g/mol. The van der Waals surface area contributed by atoms with Crippen molar-refractivity contribution in [1.29, 1.82) is 0 Å². The summed E-state index contributed by atoms with van der Waals surface area (Å²) in [6.07, 6.45) is 14.2. The van der Waals surface area contributed by atoms with Gasteiger partial charge in [-0.2, -0.15) is 0 Å². The summed E-state index contributed by atoms with van der Waals surface area (Å²) in [5.74, 6) is -0.623. The number of hydrogen-bond donors (Lipinski definition) is 0. The van der Waals surface area contributed by atoms with Crippen LogP contribution in [-0.2, 0) is 9.47 Å². The molecule has 4 nitrogen and oxygen atoms in total. The zero-order valence-electron chi connectivity index (χ0n) is 23.4. The van der Waals surface area contributed by atoms with Crippen molar-refractivity contribution in [3.8, 4) is 0 Å². The number of rotatable bonds is 15. The summed E-state index contributed by atoms with van der Waals surface area (Å²) in [6, 6.07) is 18.1. The predicted molar refractivity (Wildman–Crippen MR) is 156 cm³/mol. The van der Waals surface area contributed by atoms with E-state index in [4.69, 9.17) is 9.47 Å². The lowest BCUT2D eigenvalue weighted by atomic mass is 10.0. The van der Waals surface area contributed by atoms with Crippen LogP contribution in [0.3, 0.4) is 0 Å². The molecule has 4 heteroatoms. The standard InChI is InChI=1S/C34H42O4/c1-27(2)14-11-15-28(3)16-12-18-30(26-38-34(36)32-22-9-6-10-23-32)19-13-17-29(4)24-25-37-33(35)31-20-7-5-8-21-31/h5-10,14,16,19-24H,11-13,15,17-18,25-26H2,1-4H3. The summed E-state index contributed by atoms with van der Waals surface area (Å²) in [5.41, 5.74) is 6.11. The molecule has 0 saturated heterocycles. The van der Waals surface area contributed by atoms with Gasteiger partial charge in [0.25, 0.3) is 0 Å².